The first-order chi connectivity index (χ1) is 16.4. The average Bonchev–Trinajstić information content (AvgIpc) is 2.77. The molecule has 2 amide bonds. The van der Waals surface area contributed by atoms with Crippen LogP contribution >= 0.6 is 0 Å². The van der Waals surface area contributed by atoms with Crippen LogP contribution in [0.1, 0.15) is 28.8 Å². The molecule has 12 heteroatoms. The molecular formula is C23H25N3O9. The van der Waals surface area contributed by atoms with E-state index in [0.29, 0.717) is 5.56 Å². The highest BCUT2D eigenvalue weighted by atomic mass is 16.7. The smallest absolute Gasteiger partial charge is 0.240 e. The van der Waals surface area contributed by atoms with E-state index in [1.54, 1.807) is 7.05 Å². The first-order valence-electron chi connectivity index (χ1n) is 11.0. The summed E-state index contributed by atoms with van der Waals surface area (Å²) in [4.78, 5) is 81.2. The summed E-state index contributed by atoms with van der Waals surface area (Å²) in [6, 6.07) is 2.63. The Morgan fingerprint density at radius 1 is 1.20 bits per heavy atom. The predicted molar refractivity (Wildman–Crippen MR) is 117 cm³/mol. The van der Waals surface area contributed by atoms with Crippen LogP contribution < -0.4 is 11.1 Å². The van der Waals surface area contributed by atoms with Crippen LogP contribution in [0.15, 0.2) is 12.1 Å². The van der Waals surface area contributed by atoms with Crippen LogP contribution in [0.5, 0.6) is 5.75 Å². The van der Waals surface area contributed by atoms with Crippen molar-refractivity contribution >= 4 is 40.6 Å². The SMILES string of the molecule is CON(C)CC(=O)Nc1ccc(O)c2c1C[C@H]1C[C@H]3CC(=O)C(C(N)=O)C(=O)[C@@]3(O)C(=O)C1C2=O. The van der Waals surface area contributed by atoms with Crippen LogP contribution in [0.2, 0.25) is 0 Å². The lowest BCUT2D eigenvalue weighted by Gasteiger charge is -2.48. The number of phenolic OH excluding ortho intramolecular Hbond substituents is 1. The zero-order chi connectivity index (χ0) is 25.8. The number of hydroxylamine groups is 2. The molecule has 0 aromatic heterocycles. The Balaban J connectivity index is 1.72. The Labute approximate surface area is 199 Å². The van der Waals surface area contributed by atoms with Gasteiger partial charge in [0.2, 0.25) is 11.8 Å². The molecule has 5 atom stereocenters. The van der Waals surface area contributed by atoms with Gasteiger partial charge in [0.1, 0.15) is 12.3 Å². The van der Waals surface area contributed by atoms with Crippen molar-refractivity contribution in [2.75, 3.05) is 26.0 Å². The van der Waals surface area contributed by atoms with E-state index >= 15 is 0 Å². The second-order valence-corrected chi connectivity index (χ2v) is 9.24. The van der Waals surface area contributed by atoms with Gasteiger partial charge in [0, 0.05) is 25.1 Å². The maximum atomic E-state index is 13.4. The van der Waals surface area contributed by atoms with E-state index in [1.165, 1.54) is 24.3 Å². The topological polar surface area (TPSA) is 193 Å². The van der Waals surface area contributed by atoms with Gasteiger partial charge in [-0.3, -0.25) is 28.8 Å². The van der Waals surface area contributed by atoms with Crippen molar-refractivity contribution in [1.29, 1.82) is 0 Å². The fourth-order valence-electron chi connectivity index (χ4n) is 5.54. The summed E-state index contributed by atoms with van der Waals surface area (Å²) >= 11 is 0. The van der Waals surface area contributed by atoms with Crippen molar-refractivity contribution < 1.29 is 43.8 Å². The van der Waals surface area contributed by atoms with Crippen LogP contribution in [-0.2, 0) is 35.2 Å². The van der Waals surface area contributed by atoms with Crippen molar-refractivity contribution in [3.05, 3.63) is 23.3 Å². The molecule has 1 aromatic carbocycles. The molecule has 4 rings (SSSR count). The highest BCUT2D eigenvalue weighted by Crippen LogP contribution is 2.50. The van der Waals surface area contributed by atoms with Crippen LogP contribution in [0.4, 0.5) is 5.69 Å². The lowest BCUT2D eigenvalue weighted by atomic mass is 9.54. The summed E-state index contributed by atoms with van der Waals surface area (Å²) in [5.74, 6) is -11.4. The number of aromatic hydroxyl groups is 1. The first-order valence-corrected chi connectivity index (χ1v) is 11.0. The van der Waals surface area contributed by atoms with E-state index in [-0.39, 0.29) is 30.6 Å². The predicted octanol–water partition coefficient (Wildman–Crippen LogP) is -1.24. The molecule has 186 valence electrons. The van der Waals surface area contributed by atoms with Gasteiger partial charge in [0.05, 0.1) is 18.6 Å². The van der Waals surface area contributed by atoms with Crippen molar-refractivity contribution in [2.24, 2.45) is 29.4 Å². The number of nitrogens with zero attached hydrogens (tertiary/aromatic N) is 1. The van der Waals surface area contributed by atoms with Gasteiger partial charge in [-0.25, -0.2) is 0 Å². The molecule has 12 nitrogen and oxygen atoms in total. The van der Waals surface area contributed by atoms with Crippen LogP contribution in [0.25, 0.3) is 0 Å². The minimum Gasteiger partial charge on any atom is -0.507 e. The number of rotatable bonds is 5. The summed E-state index contributed by atoms with van der Waals surface area (Å²) in [5, 5.41) is 25.6. The number of phenols is 1. The van der Waals surface area contributed by atoms with E-state index in [9.17, 15) is 39.0 Å². The number of nitrogens with two attached hydrogens (primary N) is 1. The number of ketones is 4. The average molecular weight is 487 g/mol. The molecule has 5 N–H and O–H groups in total. The fraction of sp³-hybridized carbons (Fsp3) is 0.478. The molecule has 0 radical (unpaired) electrons. The number of anilines is 1. The molecule has 0 heterocycles. The molecule has 0 aliphatic heterocycles. The number of likely N-dealkylation sites (N-methyl/N-ethyl adjacent to an activating group) is 1. The molecule has 2 saturated carbocycles. The maximum absolute atomic E-state index is 13.4. The molecule has 3 aliphatic carbocycles. The van der Waals surface area contributed by atoms with Crippen molar-refractivity contribution in [2.45, 2.75) is 24.9 Å². The Morgan fingerprint density at radius 2 is 1.89 bits per heavy atom. The summed E-state index contributed by atoms with van der Waals surface area (Å²) in [7, 11) is 2.94. The molecule has 1 aromatic rings. The second kappa shape index (κ2) is 8.63. The third kappa shape index (κ3) is 3.74. The summed E-state index contributed by atoms with van der Waals surface area (Å²) < 4.78 is 0. The van der Waals surface area contributed by atoms with Crippen molar-refractivity contribution in [3.8, 4) is 5.75 Å². The minimum atomic E-state index is -2.70. The number of hydrogen-bond donors (Lipinski definition) is 4. The highest BCUT2D eigenvalue weighted by Gasteiger charge is 2.66. The third-order valence-electron chi connectivity index (χ3n) is 7.24. The molecule has 0 bridgehead atoms. The first kappa shape index (κ1) is 24.6. The summed E-state index contributed by atoms with van der Waals surface area (Å²) in [5.41, 5.74) is 2.85. The van der Waals surface area contributed by atoms with Crippen LogP contribution in [0.3, 0.4) is 0 Å². The molecule has 3 aliphatic rings. The molecule has 0 saturated heterocycles. The number of Topliss-reactive ketones (excluding diaryl/α,β-unsaturated/α-hetero) is 4. The normalized spacial score (nSPS) is 29.9. The number of carbonyl (C=O) groups is 6. The Morgan fingerprint density at radius 3 is 2.51 bits per heavy atom. The molecule has 2 fully saturated rings. The number of hydrogen-bond acceptors (Lipinski definition) is 10. The van der Waals surface area contributed by atoms with Gasteiger partial charge in [-0.15, -0.1) is 0 Å². The Hall–Kier alpha value is -3.48. The summed E-state index contributed by atoms with van der Waals surface area (Å²) in [6.07, 6.45) is -0.384. The van der Waals surface area contributed by atoms with E-state index in [0.717, 1.165) is 0 Å². The zero-order valence-electron chi connectivity index (χ0n) is 19.1. The number of aliphatic hydroxyl groups is 1. The number of benzene rings is 1. The highest BCUT2D eigenvalue weighted by molar-refractivity contribution is 6.31. The third-order valence-corrected chi connectivity index (χ3v) is 7.24. The quantitative estimate of drug-likeness (QED) is 0.222. The van der Waals surface area contributed by atoms with Crippen LogP contribution in [0, 0.1) is 23.7 Å². The molecule has 2 unspecified atom stereocenters. The number of amides is 2. The maximum Gasteiger partial charge on any atom is 0.240 e. The van der Waals surface area contributed by atoms with Gasteiger partial charge in [-0.05, 0) is 36.5 Å². The lowest BCUT2D eigenvalue weighted by Crippen LogP contribution is -2.68. The fourth-order valence-corrected chi connectivity index (χ4v) is 5.54. The van der Waals surface area contributed by atoms with Gasteiger partial charge < -0.3 is 26.1 Å². The van der Waals surface area contributed by atoms with Gasteiger partial charge in [-0.2, -0.15) is 5.06 Å². The van der Waals surface area contributed by atoms with Gasteiger partial charge in [0.25, 0.3) is 0 Å². The Bertz CT molecular complexity index is 1180. The zero-order valence-corrected chi connectivity index (χ0v) is 19.1. The van der Waals surface area contributed by atoms with Gasteiger partial charge >= 0.3 is 0 Å². The molecule has 0 spiro atoms. The van der Waals surface area contributed by atoms with Crippen molar-refractivity contribution in [3.63, 3.8) is 0 Å². The van der Waals surface area contributed by atoms with Gasteiger partial charge in [-0.1, -0.05) is 0 Å². The van der Waals surface area contributed by atoms with Crippen molar-refractivity contribution in [1.82, 2.24) is 5.06 Å². The molecular weight excluding hydrogens is 462 g/mol. The van der Waals surface area contributed by atoms with E-state index in [2.05, 4.69) is 5.32 Å². The largest absolute Gasteiger partial charge is 0.507 e. The molecule has 35 heavy (non-hydrogen) atoms. The number of carbonyl (C=O) groups excluding carboxylic acids is 6. The number of primary amides is 1. The standard InChI is InChI=1S/C23H25N3O9/c1-26(35-2)8-15(29)25-12-3-4-13(27)17-11(12)6-9-5-10-7-14(28)18(22(24)33)21(32)23(10,34)20(31)16(9)19(17)30/h3-4,9-10,16,18,27,34H,5-8H2,1-2H3,(H2,24,33)(H,25,29)/t9-,10+,16?,18?,23+/m1/s1. The minimum absolute atomic E-state index is 0.0312. The number of nitrogens with one attached hydrogen (secondary N) is 1. The number of fused-ring (bicyclic) bond motifs is 3. The monoisotopic (exact) mass is 487 g/mol. The van der Waals surface area contributed by atoms with Crippen LogP contribution in [-0.4, -0.2) is 76.5 Å². The van der Waals surface area contributed by atoms with E-state index < -0.39 is 76.4 Å². The lowest BCUT2D eigenvalue weighted by molar-refractivity contribution is -0.175. The van der Waals surface area contributed by atoms with E-state index in [4.69, 9.17) is 10.6 Å². The van der Waals surface area contributed by atoms with E-state index in [1.807, 2.05) is 0 Å². The Kier molecular flexibility index (Phi) is 6.07. The second-order valence-electron chi connectivity index (χ2n) is 9.24. The summed E-state index contributed by atoms with van der Waals surface area (Å²) in [6.45, 7) is -0.120. The van der Waals surface area contributed by atoms with Gasteiger partial charge in [0.15, 0.2) is 34.7 Å².